The molecule has 0 unspecified atom stereocenters. The Hall–Kier alpha value is -0.440. The van der Waals surface area contributed by atoms with E-state index in [1.165, 1.54) is 19.3 Å². The molecule has 0 aromatic rings. The molecule has 0 aliphatic carbocycles. The maximum atomic E-state index is 10.3. The summed E-state index contributed by atoms with van der Waals surface area (Å²) in [5, 5.41) is 11.9. The Bertz CT molecular complexity index is 176. The van der Waals surface area contributed by atoms with E-state index in [1.54, 1.807) is 24.1 Å². The predicted octanol–water partition coefficient (Wildman–Crippen LogP) is 1.95. The average molecular weight is 201 g/mol. The molecule has 0 saturated carbocycles. The van der Waals surface area contributed by atoms with E-state index in [1.807, 2.05) is 0 Å². The highest BCUT2D eigenvalue weighted by Crippen LogP contribution is 2.10. The number of hydrogen-bond donors (Lipinski definition) is 0. The molecular formula is C10H17O2S-. The molecule has 0 aromatic heterocycles. The Kier molecular flexibility index (Phi) is 7.90. The molecule has 2 nitrogen and oxygen atoms in total. The van der Waals surface area contributed by atoms with Crippen molar-refractivity contribution in [3.63, 3.8) is 0 Å². The van der Waals surface area contributed by atoms with Crippen LogP contribution in [0.5, 0.6) is 0 Å². The van der Waals surface area contributed by atoms with Gasteiger partial charge in [-0.25, -0.2) is 0 Å². The van der Waals surface area contributed by atoms with Crippen LogP contribution in [0.25, 0.3) is 0 Å². The van der Waals surface area contributed by atoms with Crippen LogP contribution in [0.15, 0.2) is 11.0 Å². The number of carbonyl (C=O) groups excluding carboxylic acids is 1. The molecule has 0 N–H and O–H groups in total. The summed E-state index contributed by atoms with van der Waals surface area (Å²) in [6, 6.07) is 0. The molecule has 0 atom stereocenters. The first-order valence-electron chi connectivity index (χ1n) is 4.68. The third kappa shape index (κ3) is 7.91. The summed E-state index contributed by atoms with van der Waals surface area (Å²) in [6.45, 7) is 3.74. The Morgan fingerprint density at radius 3 is 2.62 bits per heavy atom. The highest BCUT2D eigenvalue weighted by atomic mass is 32.2. The molecule has 0 bridgehead atoms. The fourth-order valence-electron chi connectivity index (χ4n) is 0.844. The van der Waals surface area contributed by atoms with Crippen molar-refractivity contribution in [2.75, 3.05) is 5.75 Å². The number of carboxylic acids is 1. The van der Waals surface area contributed by atoms with E-state index in [0.717, 1.165) is 12.2 Å². The molecule has 3 heteroatoms. The number of carbonyl (C=O) groups is 1. The molecule has 0 aliphatic rings. The fourth-order valence-corrected chi connectivity index (χ4v) is 1.68. The quantitative estimate of drug-likeness (QED) is 0.467. The van der Waals surface area contributed by atoms with Gasteiger partial charge >= 0.3 is 0 Å². The number of hydrogen-bond acceptors (Lipinski definition) is 3. The topological polar surface area (TPSA) is 40.1 Å². The van der Waals surface area contributed by atoms with Gasteiger partial charge in [-0.1, -0.05) is 26.2 Å². The van der Waals surface area contributed by atoms with Gasteiger partial charge in [-0.05, 0) is 30.1 Å². The van der Waals surface area contributed by atoms with E-state index in [0.29, 0.717) is 5.57 Å². The van der Waals surface area contributed by atoms with Crippen LogP contribution in [0.4, 0.5) is 0 Å². The van der Waals surface area contributed by atoms with Gasteiger partial charge in [-0.3, -0.25) is 0 Å². The maximum absolute atomic E-state index is 10.3. The lowest BCUT2D eigenvalue weighted by Gasteiger charge is -2.01. The van der Waals surface area contributed by atoms with Gasteiger partial charge in [-0.2, -0.15) is 0 Å². The number of aliphatic carboxylic acids is 1. The van der Waals surface area contributed by atoms with E-state index < -0.39 is 5.97 Å². The summed E-state index contributed by atoms with van der Waals surface area (Å²) in [5.41, 5.74) is 0.320. The first kappa shape index (κ1) is 12.6. The monoisotopic (exact) mass is 201 g/mol. The van der Waals surface area contributed by atoms with E-state index >= 15 is 0 Å². The van der Waals surface area contributed by atoms with Crippen LogP contribution < -0.4 is 5.11 Å². The Labute approximate surface area is 84.4 Å². The van der Waals surface area contributed by atoms with Crippen LogP contribution in [0.2, 0.25) is 0 Å². The van der Waals surface area contributed by atoms with Gasteiger partial charge in [0.2, 0.25) is 0 Å². The average Bonchev–Trinajstić information content (AvgIpc) is 2.10. The van der Waals surface area contributed by atoms with Gasteiger partial charge < -0.3 is 9.90 Å². The van der Waals surface area contributed by atoms with Gasteiger partial charge in [0, 0.05) is 0 Å². The highest BCUT2D eigenvalue weighted by molar-refractivity contribution is 8.02. The molecule has 0 fully saturated rings. The normalized spacial score (nSPS) is 11.7. The number of unbranched alkanes of at least 4 members (excludes halogenated alkanes) is 3. The first-order valence-corrected chi connectivity index (χ1v) is 5.73. The Morgan fingerprint density at radius 1 is 1.38 bits per heavy atom. The second-order valence-electron chi connectivity index (χ2n) is 3.02. The lowest BCUT2D eigenvalue weighted by atomic mass is 10.2. The summed E-state index contributed by atoms with van der Waals surface area (Å²) >= 11 is 1.56. The van der Waals surface area contributed by atoms with Crippen molar-refractivity contribution in [1.29, 1.82) is 0 Å². The van der Waals surface area contributed by atoms with E-state index in [9.17, 15) is 9.90 Å². The van der Waals surface area contributed by atoms with Crippen LogP contribution in [-0.2, 0) is 4.79 Å². The van der Waals surface area contributed by atoms with Crippen molar-refractivity contribution >= 4 is 17.7 Å². The molecule has 0 spiro atoms. The third-order valence-corrected chi connectivity index (χ3v) is 2.74. The zero-order chi connectivity index (χ0) is 10.1. The predicted molar refractivity (Wildman–Crippen MR) is 55.4 cm³/mol. The Morgan fingerprint density at radius 2 is 2.08 bits per heavy atom. The molecule has 13 heavy (non-hydrogen) atoms. The van der Waals surface area contributed by atoms with Gasteiger partial charge in [0.25, 0.3) is 0 Å². The lowest BCUT2D eigenvalue weighted by molar-refractivity contribution is -0.299. The fraction of sp³-hybridized carbons (Fsp3) is 0.700. The maximum Gasteiger partial charge on any atom is 0.0677 e. The summed E-state index contributed by atoms with van der Waals surface area (Å²) in [5.74, 6) is -0.0639. The van der Waals surface area contributed by atoms with Crippen LogP contribution in [0.3, 0.4) is 0 Å². The molecule has 76 valence electrons. The third-order valence-electron chi connectivity index (χ3n) is 1.70. The van der Waals surface area contributed by atoms with Crippen LogP contribution in [0, 0.1) is 0 Å². The number of rotatable bonds is 7. The minimum Gasteiger partial charge on any atom is -0.545 e. The molecule has 0 radical (unpaired) electrons. The SMILES string of the molecule is CCCCCCS/C=C(\C)C(=O)[O-]. The van der Waals surface area contributed by atoms with Gasteiger partial charge in [0.15, 0.2) is 0 Å². The summed E-state index contributed by atoms with van der Waals surface area (Å²) < 4.78 is 0. The number of carboxylic acid groups (broad SMARTS) is 1. The molecule has 0 saturated heterocycles. The van der Waals surface area contributed by atoms with Crippen molar-refractivity contribution in [2.45, 2.75) is 39.5 Å². The van der Waals surface area contributed by atoms with E-state index in [2.05, 4.69) is 6.92 Å². The van der Waals surface area contributed by atoms with Crippen molar-refractivity contribution < 1.29 is 9.90 Å². The minimum absolute atomic E-state index is 0.320. The van der Waals surface area contributed by atoms with Crippen molar-refractivity contribution in [1.82, 2.24) is 0 Å². The second kappa shape index (κ2) is 8.17. The molecule has 0 rings (SSSR count). The van der Waals surface area contributed by atoms with Crippen LogP contribution >= 0.6 is 11.8 Å². The standard InChI is InChI=1S/C10H18O2S/c1-3-4-5-6-7-13-8-9(2)10(11)12/h8H,3-7H2,1-2H3,(H,11,12)/p-1/b9-8+. The van der Waals surface area contributed by atoms with E-state index in [-0.39, 0.29) is 0 Å². The van der Waals surface area contributed by atoms with E-state index in [4.69, 9.17) is 0 Å². The lowest BCUT2D eigenvalue weighted by Crippen LogP contribution is -2.22. The summed E-state index contributed by atoms with van der Waals surface area (Å²) in [6.07, 6.45) is 4.90. The second-order valence-corrected chi connectivity index (χ2v) is 4.00. The Balaban J connectivity index is 3.34. The zero-order valence-corrected chi connectivity index (χ0v) is 9.15. The van der Waals surface area contributed by atoms with Crippen LogP contribution in [-0.4, -0.2) is 11.7 Å². The molecule has 0 aromatic carbocycles. The van der Waals surface area contributed by atoms with Gasteiger partial charge in [-0.15, -0.1) is 11.8 Å². The largest absolute Gasteiger partial charge is 0.545 e. The minimum atomic E-state index is -1.07. The molecule has 0 amide bonds. The van der Waals surface area contributed by atoms with Gasteiger partial charge in [0.1, 0.15) is 0 Å². The van der Waals surface area contributed by atoms with Gasteiger partial charge in [0.05, 0.1) is 5.97 Å². The highest BCUT2D eigenvalue weighted by Gasteiger charge is 1.90. The summed E-state index contributed by atoms with van der Waals surface area (Å²) in [4.78, 5) is 10.3. The molecular weight excluding hydrogens is 184 g/mol. The molecule has 0 heterocycles. The molecule has 0 aliphatic heterocycles. The smallest absolute Gasteiger partial charge is 0.0677 e. The number of thioether (sulfide) groups is 1. The first-order chi connectivity index (χ1) is 6.18. The van der Waals surface area contributed by atoms with Crippen molar-refractivity contribution in [2.24, 2.45) is 0 Å². The van der Waals surface area contributed by atoms with Crippen LogP contribution in [0.1, 0.15) is 39.5 Å². The summed E-state index contributed by atoms with van der Waals surface area (Å²) in [7, 11) is 0. The van der Waals surface area contributed by atoms with Crippen molar-refractivity contribution in [3.05, 3.63) is 11.0 Å². The van der Waals surface area contributed by atoms with Crippen molar-refractivity contribution in [3.8, 4) is 0 Å². The zero-order valence-electron chi connectivity index (χ0n) is 8.34.